The van der Waals surface area contributed by atoms with E-state index < -0.39 is 16.7 Å². The van der Waals surface area contributed by atoms with Gasteiger partial charge in [-0.15, -0.1) is 0 Å². The number of carbonyl (C=O) groups is 2. The molecule has 0 spiro atoms. The summed E-state index contributed by atoms with van der Waals surface area (Å²) in [7, 11) is 1.43. The maximum absolute atomic E-state index is 13.3. The summed E-state index contributed by atoms with van der Waals surface area (Å²) in [6.45, 7) is 0.0325. The molecule has 0 aliphatic carbocycles. The van der Waals surface area contributed by atoms with Gasteiger partial charge >= 0.3 is 0 Å². The number of halogens is 3. The fourth-order valence-electron chi connectivity index (χ4n) is 3.59. The number of hydrogen-bond donors (Lipinski definition) is 1. The minimum absolute atomic E-state index is 0.0325. The van der Waals surface area contributed by atoms with E-state index in [4.69, 9.17) is 44.9 Å². The molecule has 2 amide bonds. The molecule has 3 aromatic rings. The molecule has 1 heterocycles. The van der Waals surface area contributed by atoms with Crippen molar-refractivity contribution in [1.29, 1.82) is 0 Å². The van der Waals surface area contributed by atoms with E-state index in [1.54, 1.807) is 42.5 Å². The fraction of sp³-hybridized carbons (Fsp3) is 0.0800. The second kappa shape index (κ2) is 11.5. The number of thiocarbonyl (C=S) groups is 1. The third kappa shape index (κ3) is 5.65. The molecule has 0 bridgehead atoms. The summed E-state index contributed by atoms with van der Waals surface area (Å²) in [4.78, 5) is 37.7. The monoisotopic (exact) mass is 635 g/mol. The predicted octanol–water partition coefficient (Wildman–Crippen LogP) is 6.08. The molecular formula is C25H16BrCl2N3O6S. The Balaban J connectivity index is 1.65. The Morgan fingerprint density at radius 1 is 1.16 bits per heavy atom. The lowest BCUT2D eigenvalue weighted by Gasteiger charge is -2.29. The first-order valence-corrected chi connectivity index (χ1v) is 12.7. The summed E-state index contributed by atoms with van der Waals surface area (Å²) < 4.78 is 11.8. The van der Waals surface area contributed by atoms with Gasteiger partial charge < -0.3 is 9.47 Å². The number of methoxy groups -OCH3 is 1. The van der Waals surface area contributed by atoms with E-state index in [9.17, 15) is 19.7 Å². The quantitative estimate of drug-likeness (QED) is 0.110. The number of benzene rings is 3. The molecule has 0 unspecified atom stereocenters. The number of non-ortho nitro benzene ring substituents is 1. The van der Waals surface area contributed by atoms with Gasteiger partial charge in [0.2, 0.25) is 0 Å². The van der Waals surface area contributed by atoms with Crippen molar-refractivity contribution in [3.63, 3.8) is 0 Å². The Bertz CT molecular complexity index is 1530. The van der Waals surface area contributed by atoms with E-state index in [0.29, 0.717) is 27.1 Å². The number of nitrogens with one attached hydrogen (secondary N) is 1. The number of anilines is 1. The van der Waals surface area contributed by atoms with Crippen molar-refractivity contribution in [2.75, 3.05) is 12.0 Å². The second-order valence-corrected chi connectivity index (χ2v) is 9.81. The van der Waals surface area contributed by atoms with E-state index in [0.717, 1.165) is 4.90 Å². The SMILES string of the molecule is COc1cc(/C=C2\C(=O)NC(=S)N(c3cccc(Cl)c3Cl)C2=O)cc(Br)c1OCc1cccc([N+](=O)[O-])c1. The number of nitrogens with zero attached hydrogens (tertiary/aromatic N) is 2. The van der Waals surface area contributed by atoms with Crippen molar-refractivity contribution < 1.29 is 24.0 Å². The second-order valence-electron chi connectivity index (χ2n) is 7.78. The number of hydrogen-bond acceptors (Lipinski definition) is 7. The number of carbonyl (C=O) groups excluding carboxylic acids is 2. The first-order valence-electron chi connectivity index (χ1n) is 10.7. The first kappa shape index (κ1) is 27.5. The minimum Gasteiger partial charge on any atom is -0.493 e. The van der Waals surface area contributed by atoms with Gasteiger partial charge in [-0.3, -0.25) is 29.9 Å². The Labute approximate surface area is 240 Å². The molecule has 1 fully saturated rings. The standard InChI is InChI=1S/C25H16BrCl2N3O6S/c1-36-20-11-14(10-17(26)22(20)37-12-13-4-2-5-15(8-13)31(34)35)9-16-23(32)29-25(38)30(24(16)33)19-7-3-6-18(27)21(19)28/h2-11H,12H2,1H3,(H,29,32,38)/b16-9+. The molecule has 1 aliphatic rings. The van der Waals surface area contributed by atoms with Crippen molar-refractivity contribution in [1.82, 2.24) is 5.32 Å². The van der Waals surface area contributed by atoms with Gasteiger partial charge in [0.15, 0.2) is 16.6 Å². The van der Waals surface area contributed by atoms with Crippen LogP contribution in [0.3, 0.4) is 0 Å². The van der Waals surface area contributed by atoms with Crippen molar-refractivity contribution in [2.24, 2.45) is 0 Å². The van der Waals surface area contributed by atoms with Gasteiger partial charge in [-0.2, -0.15) is 0 Å². The highest BCUT2D eigenvalue weighted by Crippen LogP contribution is 2.39. The smallest absolute Gasteiger partial charge is 0.270 e. The van der Waals surface area contributed by atoms with Gasteiger partial charge in [0, 0.05) is 12.1 Å². The van der Waals surface area contributed by atoms with Crippen LogP contribution in [0.5, 0.6) is 11.5 Å². The predicted molar refractivity (Wildman–Crippen MR) is 151 cm³/mol. The van der Waals surface area contributed by atoms with Crippen LogP contribution in [0.2, 0.25) is 10.0 Å². The van der Waals surface area contributed by atoms with E-state index in [1.807, 2.05) is 0 Å². The van der Waals surface area contributed by atoms with Gasteiger partial charge in [0.25, 0.3) is 17.5 Å². The summed E-state index contributed by atoms with van der Waals surface area (Å²) in [5.41, 5.74) is 0.999. The highest BCUT2D eigenvalue weighted by Gasteiger charge is 2.35. The average Bonchev–Trinajstić information content (AvgIpc) is 2.88. The molecule has 1 N–H and O–H groups in total. The number of nitro groups is 1. The largest absolute Gasteiger partial charge is 0.493 e. The summed E-state index contributed by atoms with van der Waals surface area (Å²) in [6, 6.07) is 14.0. The number of amides is 2. The lowest BCUT2D eigenvalue weighted by Crippen LogP contribution is -2.54. The van der Waals surface area contributed by atoms with Gasteiger partial charge in [0.05, 0.1) is 32.2 Å². The van der Waals surface area contributed by atoms with E-state index in [1.165, 1.54) is 25.3 Å². The molecule has 0 atom stereocenters. The van der Waals surface area contributed by atoms with Gasteiger partial charge in [0.1, 0.15) is 12.2 Å². The zero-order chi connectivity index (χ0) is 27.6. The van der Waals surface area contributed by atoms with Crippen molar-refractivity contribution in [3.05, 3.63) is 95.9 Å². The van der Waals surface area contributed by atoms with Crippen LogP contribution in [0.4, 0.5) is 11.4 Å². The molecule has 9 nitrogen and oxygen atoms in total. The topological polar surface area (TPSA) is 111 Å². The Hall–Kier alpha value is -3.51. The molecule has 3 aromatic carbocycles. The van der Waals surface area contributed by atoms with Crippen molar-refractivity contribution in [2.45, 2.75) is 6.61 Å². The van der Waals surface area contributed by atoms with Crippen LogP contribution in [-0.4, -0.2) is 29.0 Å². The molecular weight excluding hydrogens is 621 g/mol. The minimum atomic E-state index is -0.691. The Morgan fingerprint density at radius 3 is 2.61 bits per heavy atom. The van der Waals surface area contributed by atoms with Crippen LogP contribution in [0.25, 0.3) is 6.08 Å². The van der Waals surface area contributed by atoms with E-state index in [-0.39, 0.29) is 38.7 Å². The van der Waals surface area contributed by atoms with Crippen LogP contribution in [0.15, 0.2) is 64.6 Å². The van der Waals surface area contributed by atoms with E-state index in [2.05, 4.69) is 21.2 Å². The van der Waals surface area contributed by atoms with Crippen molar-refractivity contribution in [3.8, 4) is 11.5 Å². The van der Waals surface area contributed by atoms with Crippen molar-refractivity contribution >= 4 is 85.7 Å². The van der Waals surface area contributed by atoms with Gasteiger partial charge in [-0.1, -0.05) is 41.4 Å². The zero-order valence-corrected chi connectivity index (χ0v) is 23.3. The Kier molecular flexibility index (Phi) is 8.32. The maximum Gasteiger partial charge on any atom is 0.270 e. The van der Waals surface area contributed by atoms with Gasteiger partial charge in [-0.05, 0) is 69.6 Å². The summed E-state index contributed by atoms with van der Waals surface area (Å²) in [5, 5.41) is 13.7. The number of ether oxygens (including phenoxy) is 2. The van der Waals surface area contributed by atoms with Gasteiger partial charge in [-0.25, -0.2) is 0 Å². The molecule has 1 saturated heterocycles. The van der Waals surface area contributed by atoms with Crippen LogP contribution >= 0.6 is 51.3 Å². The fourth-order valence-corrected chi connectivity index (χ4v) is 4.81. The zero-order valence-electron chi connectivity index (χ0n) is 19.4. The van der Waals surface area contributed by atoms with Crippen LogP contribution in [0.1, 0.15) is 11.1 Å². The van der Waals surface area contributed by atoms with Crippen LogP contribution in [-0.2, 0) is 16.2 Å². The molecule has 4 rings (SSSR count). The number of nitro benzene ring substituents is 1. The lowest BCUT2D eigenvalue weighted by atomic mass is 10.1. The highest BCUT2D eigenvalue weighted by atomic mass is 79.9. The molecule has 0 radical (unpaired) electrons. The third-order valence-electron chi connectivity index (χ3n) is 5.34. The summed E-state index contributed by atoms with van der Waals surface area (Å²) in [5.74, 6) is -0.751. The van der Waals surface area contributed by atoms with Crippen LogP contribution < -0.4 is 19.7 Å². The van der Waals surface area contributed by atoms with Crippen LogP contribution in [0, 0.1) is 10.1 Å². The maximum atomic E-state index is 13.3. The molecule has 38 heavy (non-hydrogen) atoms. The third-order valence-corrected chi connectivity index (χ3v) is 7.02. The highest BCUT2D eigenvalue weighted by molar-refractivity contribution is 9.10. The first-order chi connectivity index (χ1) is 18.1. The summed E-state index contributed by atoms with van der Waals surface area (Å²) in [6.07, 6.45) is 1.38. The average molecular weight is 637 g/mol. The molecule has 0 aromatic heterocycles. The summed E-state index contributed by atoms with van der Waals surface area (Å²) >= 11 is 21.0. The Morgan fingerprint density at radius 2 is 1.89 bits per heavy atom. The lowest BCUT2D eigenvalue weighted by molar-refractivity contribution is -0.384. The molecule has 13 heteroatoms. The molecule has 194 valence electrons. The van der Waals surface area contributed by atoms with E-state index >= 15 is 0 Å². The number of rotatable bonds is 7. The molecule has 0 saturated carbocycles. The normalized spacial score (nSPS) is 14.5. The molecule has 1 aliphatic heterocycles.